The Kier molecular flexibility index (Phi) is 4.96. The summed E-state index contributed by atoms with van der Waals surface area (Å²) in [6, 6.07) is 13.9. The lowest BCUT2D eigenvalue weighted by Crippen LogP contribution is -2.12. The van der Waals surface area contributed by atoms with Crippen molar-refractivity contribution in [2.75, 3.05) is 0 Å². The Hall–Kier alpha value is -3.62. The van der Waals surface area contributed by atoms with Crippen LogP contribution in [0.15, 0.2) is 84.5 Å². The van der Waals surface area contributed by atoms with Gasteiger partial charge in [0.05, 0.1) is 10.6 Å². The molecule has 0 amide bonds. The minimum Gasteiger partial charge on any atom is -0.264 e. The highest BCUT2D eigenvalue weighted by Crippen LogP contribution is 2.34. The topological polar surface area (TPSA) is 90.6 Å². The molecule has 0 N–H and O–H groups in total. The van der Waals surface area contributed by atoms with Gasteiger partial charge in [-0.05, 0) is 31.2 Å². The van der Waals surface area contributed by atoms with Crippen LogP contribution in [-0.2, 0) is 10.0 Å². The second-order valence-corrected chi connectivity index (χ2v) is 9.42. The number of fused-ring (bicyclic) bond motifs is 1. The Bertz CT molecular complexity index is 1550. The molecule has 0 saturated heterocycles. The summed E-state index contributed by atoms with van der Waals surface area (Å²) in [5.74, 6) is 0. The maximum atomic E-state index is 13.5. The predicted molar refractivity (Wildman–Crippen MR) is 123 cm³/mol. The van der Waals surface area contributed by atoms with Gasteiger partial charge >= 0.3 is 0 Å². The molecule has 0 saturated carbocycles. The van der Waals surface area contributed by atoms with Crippen LogP contribution in [-0.4, -0.2) is 32.3 Å². The summed E-state index contributed by atoms with van der Waals surface area (Å²) in [6.07, 6.45) is 7.92. The summed E-state index contributed by atoms with van der Waals surface area (Å²) in [7, 11) is -3.89. The van der Waals surface area contributed by atoms with Gasteiger partial charge in [-0.15, -0.1) is 0 Å². The molecule has 0 atom stereocenters. The van der Waals surface area contributed by atoms with Gasteiger partial charge in [0, 0.05) is 52.9 Å². The maximum absolute atomic E-state index is 13.5. The number of nitrogens with zero attached hydrogens (tertiary/aromatic N) is 5. The zero-order chi connectivity index (χ0) is 22.3. The second-order valence-electron chi connectivity index (χ2n) is 7.22. The van der Waals surface area contributed by atoms with E-state index < -0.39 is 10.0 Å². The maximum Gasteiger partial charge on any atom is 0.269 e. The van der Waals surface area contributed by atoms with Crippen LogP contribution in [0.2, 0.25) is 5.15 Å². The standard InChI is InChI=1S/C23H16ClN5O2S/c1-15-4-6-18(7-5-15)32(30,31)29-13-20(21-10-22(24)28-14-27-21)19-9-17(12-26-23(19)29)16-3-2-8-25-11-16/h2-14H,1H3. The van der Waals surface area contributed by atoms with Crippen LogP contribution in [0.1, 0.15) is 5.56 Å². The van der Waals surface area contributed by atoms with Gasteiger partial charge in [-0.2, -0.15) is 0 Å². The zero-order valence-electron chi connectivity index (χ0n) is 16.8. The Morgan fingerprint density at radius 3 is 2.47 bits per heavy atom. The lowest BCUT2D eigenvalue weighted by molar-refractivity contribution is 0.589. The number of rotatable bonds is 4. The molecule has 32 heavy (non-hydrogen) atoms. The van der Waals surface area contributed by atoms with E-state index in [4.69, 9.17) is 11.6 Å². The first kappa shape index (κ1) is 20.3. The Morgan fingerprint density at radius 2 is 1.75 bits per heavy atom. The highest BCUT2D eigenvalue weighted by Gasteiger charge is 2.24. The van der Waals surface area contributed by atoms with Crippen molar-refractivity contribution in [1.82, 2.24) is 23.9 Å². The Balaban J connectivity index is 1.78. The second kappa shape index (κ2) is 7.81. The van der Waals surface area contributed by atoms with Crippen molar-refractivity contribution in [3.63, 3.8) is 0 Å². The van der Waals surface area contributed by atoms with Gasteiger partial charge in [-0.25, -0.2) is 27.3 Å². The molecule has 7 nitrogen and oxygen atoms in total. The molecule has 5 rings (SSSR count). The van der Waals surface area contributed by atoms with Crippen molar-refractivity contribution in [2.45, 2.75) is 11.8 Å². The SMILES string of the molecule is Cc1ccc(S(=O)(=O)n2cc(-c3cc(Cl)ncn3)c3cc(-c4cccnc4)cnc32)cc1. The molecule has 0 aliphatic rings. The average Bonchev–Trinajstić information content (AvgIpc) is 3.20. The molecule has 0 spiro atoms. The van der Waals surface area contributed by atoms with E-state index in [1.54, 1.807) is 48.9 Å². The van der Waals surface area contributed by atoms with E-state index in [1.165, 1.54) is 16.5 Å². The van der Waals surface area contributed by atoms with Crippen molar-refractivity contribution in [1.29, 1.82) is 0 Å². The minimum atomic E-state index is -3.89. The van der Waals surface area contributed by atoms with Crippen LogP contribution in [0.3, 0.4) is 0 Å². The van der Waals surface area contributed by atoms with Crippen LogP contribution in [0.5, 0.6) is 0 Å². The van der Waals surface area contributed by atoms with E-state index in [1.807, 2.05) is 25.1 Å². The number of hydrogen-bond acceptors (Lipinski definition) is 6. The Labute approximate surface area is 189 Å². The fraction of sp³-hybridized carbons (Fsp3) is 0.0435. The normalized spacial score (nSPS) is 11.7. The Morgan fingerprint density at radius 1 is 0.938 bits per heavy atom. The van der Waals surface area contributed by atoms with Gasteiger partial charge in [-0.1, -0.05) is 35.4 Å². The number of hydrogen-bond donors (Lipinski definition) is 0. The number of benzene rings is 1. The minimum absolute atomic E-state index is 0.172. The molecule has 5 aromatic rings. The van der Waals surface area contributed by atoms with Gasteiger partial charge in [0.2, 0.25) is 0 Å². The largest absolute Gasteiger partial charge is 0.269 e. The smallest absolute Gasteiger partial charge is 0.264 e. The van der Waals surface area contributed by atoms with Crippen LogP contribution < -0.4 is 0 Å². The molecule has 1 aromatic carbocycles. The molecule has 158 valence electrons. The molecule has 0 unspecified atom stereocenters. The molecule has 0 bridgehead atoms. The summed E-state index contributed by atoms with van der Waals surface area (Å²) in [5, 5.41) is 0.880. The molecule has 0 radical (unpaired) electrons. The first-order chi connectivity index (χ1) is 15.4. The summed E-state index contributed by atoms with van der Waals surface area (Å²) >= 11 is 6.08. The zero-order valence-corrected chi connectivity index (χ0v) is 18.4. The molecule has 0 aliphatic heterocycles. The fourth-order valence-corrected chi connectivity index (χ4v) is 4.93. The van der Waals surface area contributed by atoms with Crippen molar-refractivity contribution in [3.05, 3.63) is 90.4 Å². The summed E-state index contributed by atoms with van der Waals surface area (Å²) in [4.78, 5) is 17.1. The lowest BCUT2D eigenvalue weighted by atomic mass is 10.1. The number of aromatic nitrogens is 5. The first-order valence-electron chi connectivity index (χ1n) is 9.65. The van der Waals surface area contributed by atoms with E-state index in [2.05, 4.69) is 19.9 Å². The summed E-state index contributed by atoms with van der Waals surface area (Å²) < 4.78 is 28.1. The van der Waals surface area contributed by atoms with Crippen molar-refractivity contribution in [2.24, 2.45) is 0 Å². The van der Waals surface area contributed by atoms with E-state index in [0.29, 0.717) is 22.3 Å². The van der Waals surface area contributed by atoms with Crippen LogP contribution >= 0.6 is 11.6 Å². The third-order valence-electron chi connectivity index (χ3n) is 5.09. The van der Waals surface area contributed by atoms with E-state index in [9.17, 15) is 8.42 Å². The molecule has 4 aromatic heterocycles. The predicted octanol–water partition coefficient (Wildman–Crippen LogP) is 4.75. The van der Waals surface area contributed by atoms with Crippen LogP contribution in [0, 0.1) is 6.92 Å². The molecular formula is C23H16ClN5O2S. The molecule has 4 heterocycles. The highest BCUT2D eigenvalue weighted by atomic mass is 35.5. The average molecular weight is 462 g/mol. The fourth-order valence-electron chi connectivity index (χ4n) is 3.46. The third kappa shape index (κ3) is 3.53. The number of halogens is 1. The molecular weight excluding hydrogens is 446 g/mol. The monoisotopic (exact) mass is 461 g/mol. The quantitative estimate of drug-likeness (QED) is 0.358. The van der Waals surface area contributed by atoms with Crippen molar-refractivity contribution < 1.29 is 8.42 Å². The van der Waals surface area contributed by atoms with Gasteiger partial charge in [-0.3, -0.25) is 4.98 Å². The molecule has 9 heteroatoms. The van der Waals surface area contributed by atoms with E-state index in [-0.39, 0.29) is 10.0 Å². The van der Waals surface area contributed by atoms with Gasteiger partial charge in [0.15, 0.2) is 5.65 Å². The van der Waals surface area contributed by atoms with E-state index in [0.717, 1.165) is 16.7 Å². The van der Waals surface area contributed by atoms with Gasteiger partial charge in [0.1, 0.15) is 11.5 Å². The highest BCUT2D eigenvalue weighted by molar-refractivity contribution is 7.90. The summed E-state index contributed by atoms with van der Waals surface area (Å²) in [6.45, 7) is 1.90. The first-order valence-corrected chi connectivity index (χ1v) is 11.5. The van der Waals surface area contributed by atoms with Gasteiger partial charge < -0.3 is 0 Å². The van der Waals surface area contributed by atoms with Gasteiger partial charge in [0.25, 0.3) is 10.0 Å². The third-order valence-corrected chi connectivity index (χ3v) is 6.97. The number of pyridine rings is 2. The van der Waals surface area contributed by atoms with Crippen molar-refractivity contribution in [3.8, 4) is 22.4 Å². The lowest BCUT2D eigenvalue weighted by Gasteiger charge is -2.08. The van der Waals surface area contributed by atoms with Crippen LogP contribution in [0.4, 0.5) is 0 Å². The van der Waals surface area contributed by atoms with Crippen LogP contribution in [0.25, 0.3) is 33.4 Å². The number of aryl methyl sites for hydroxylation is 1. The molecule has 0 fully saturated rings. The summed E-state index contributed by atoms with van der Waals surface area (Å²) in [5.41, 5.74) is 4.01. The van der Waals surface area contributed by atoms with E-state index >= 15 is 0 Å². The van der Waals surface area contributed by atoms with Crippen molar-refractivity contribution >= 4 is 32.7 Å². The molecule has 0 aliphatic carbocycles.